The van der Waals surface area contributed by atoms with Gasteiger partial charge >= 0.3 is 6.18 Å². The zero-order valence-corrected chi connectivity index (χ0v) is 12.2. The highest BCUT2D eigenvalue weighted by Gasteiger charge is 2.32. The van der Waals surface area contributed by atoms with Crippen LogP contribution in [0.15, 0.2) is 24.4 Å². The van der Waals surface area contributed by atoms with Crippen LogP contribution in [-0.4, -0.2) is 30.3 Å². The Kier molecular flexibility index (Phi) is 2.84. The second-order valence-electron chi connectivity index (χ2n) is 5.40. The molecule has 0 aliphatic rings. The average Bonchev–Trinajstić information content (AvgIpc) is 3.09. The summed E-state index contributed by atoms with van der Waals surface area (Å²) < 4.78 is 39.5. The lowest BCUT2D eigenvalue weighted by atomic mass is 9.98. The highest BCUT2D eigenvalue weighted by Crippen LogP contribution is 2.38. The van der Waals surface area contributed by atoms with Gasteiger partial charge in [-0.1, -0.05) is 0 Å². The van der Waals surface area contributed by atoms with E-state index in [1.54, 1.807) is 13.0 Å². The number of hydrogen-bond acceptors (Lipinski definition) is 4. The van der Waals surface area contributed by atoms with Gasteiger partial charge in [-0.2, -0.15) is 23.3 Å². The van der Waals surface area contributed by atoms with Gasteiger partial charge in [-0.25, -0.2) is 4.98 Å². The van der Waals surface area contributed by atoms with Crippen LogP contribution in [0.5, 0.6) is 6.01 Å². The largest absolute Gasteiger partial charge is 0.480 e. The van der Waals surface area contributed by atoms with E-state index in [0.29, 0.717) is 33.4 Å². The molecule has 0 unspecified atom stereocenters. The fraction of sp³-hybridized carbons (Fsp3) is 0.133. The van der Waals surface area contributed by atoms with E-state index in [2.05, 4.69) is 25.1 Å². The third-order valence-corrected chi connectivity index (χ3v) is 3.83. The average molecular weight is 333 g/mol. The van der Waals surface area contributed by atoms with E-state index >= 15 is 0 Å². The van der Waals surface area contributed by atoms with Gasteiger partial charge in [0.2, 0.25) is 0 Å². The summed E-state index contributed by atoms with van der Waals surface area (Å²) in [4.78, 5) is 10.7. The van der Waals surface area contributed by atoms with E-state index in [9.17, 15) is 18.3 Å². The molecule has 0 aliphatic carbocycles. The Hall–Kier alpha value is -3.10. The Labute approximate surface area is 132 Å². The summed E-state index contributed by atoms with van der Waals surface area (Å²) in [7, 11) is 0. The standard InChI is InChI=1S/C15H10F3N5O/c1-6-8(4-12-13(20-6)22-14(24)21-12)9-2-7(15(16,17)18)3-11-10(9)5-19-23-11/h2-5H,1H3,(H,19,23)(H2,20,21,22,24). The Bertz CT molecular complexity index is 1080. The van der Waals surface area contributed by atoms with E-state index in [-0.39, 0.29) is 11.5 Å². The molecule has 4 rings (SSSR count). The molecule has 6 nitrogen and oxygen atoms in total. The zero-order valence-electron chi connectivity index (χ0n) is 12.2. The van der Waals surface area contributed by atoms with Crippen LogP contribution in [0.25, 0.3) is 33.2 Å². The first-order valence-corrected chi connectivity index (χ1v) is 6.94. The molecule has 24 heavy (non-hydrogen) atoms. The monoisotopic (exact) mass is 333 g/mol. The number of hydrogen-bond donors (Lipinski definition) is 3. The summed E-state index contributed by atoms with van der Waals surface area (Å²) in [5.41, 5.74) is 1.58. The molecule has 4 aromatic rings. The van der Waals surface area contributed by atoms with Crippen LogP contribution >= 0.6 is 0 Å². The molecular weight excluding hydrogens is 323 g/mol. The summed E-state index contributed by atoms with van der Waals surface area (Å²) in [5, 5.41) is 16.4. The van der Waals surface area contributed by atoms with Gasteiger partial charge in [-0.05, 0) is 30.7 Å². The number of aromatic hydroxyl groups is 1. The van der Waals surface area contributed by atoms with Crippen LogP contribution in [0, 0.1) is 6.92 Å². The topological polar surface area (TPSA) is 90.5 Å². The van der Waals surface area contributed by atoms with Gasteiger partial charge in [0.05, 0.1) is 17.3 Å². The third-order valence-electron chi connectivity index (χ3n) is 3.83. The Morgan fingerprint density at radius 3 is 2.62 bits per heavy atom. The van der Waals surface area contributed by atoms with Crippen LogP contribution in [0.3, 0.4) is 0 Å². The number of H-pyrrole nitrogens is 2. The highest BCUT2D eigenvalue weighted by molar-refractivity contribution is 5.97. The Morgan fingerprint density at radius 2 is 1.88 bits per heavy atom. The molecule has 0 bridgehead atoms. The maximum Gasteiger partial charge on any atom is 0.416 e. The maximum absolute atomic E-state index is 13.2. The zero-order chi connectivity index (χ0) is 17.1. The molecule has 3 heterocycles. The van der Waals surface area contributed by atoms with Crippen LogP contribution in [0.2, 0.25) is 0 Å². The predicted octanol–water partition coefficient (Wildman–Crippen LogP) is 3.53. The maximum atomic E-state index is 13.2. The number of aryl methyl sites for hydroxylation is 1. The number of aromatic amines is 2. The fourth-order valence-corrected chi connectivity index (χ4v) is 2.73. The molecule has 9 heteroatoms. The van der Waals surface area contributed by atoms with E-state index in [4.69, 9.17) is 0 Å². The predicted molar refractivity (Wildman–Crippen MR) is 80.4 cm³/mol. The van der Waals surface area contributed by atoms with Gasteiger partial charge in [0.1, 0.15) is 5.52 Å². The van der Waals surface area contributed by atoms with E-state index in [0.717, 1.165) is 12.1 Å². The summed E-state index contributed by atoms with van der Waals surface area (Å²) in [5.74, 6) is 0. The van der Waals surface area contributed by atoms with Gasteiger partial charge < -0.3 is 5.11 Å². The minimum Gasteiger partial charge on any atom is -0.480 e. The lowest BCUT2D eigenvalue weighted by molar-refractivity contribution is -0.137. The number of nitrogens with zero attached hydrogens (tertiary/aromatic N) is 3. The minimum absolute atomic E-state index is 0.282. The molecule has 0 atom stereocenters. The molecule has 3 N–H and O–H groups in total. The van der Waals surface area contributed by atoms with Crippen molar-refractivity contribution in [1.29, 1.82) is 0 Å². The number of nitrogens with one attached hydrogen (secondary N) is 2. The summed E-state index contributed by atoms with van der Waals surface area (Å²) in [6.45, 7) is 1.68. The quantitative estimate of drug-likeness (QED) is 0.497. The number of aromatic nitrogens is 5. The molecule has 122 valence electrons. The van der Waals surface area contributed by atoms with E-state index < -0.39 is 11.7 Å². The number of rotatable bonds is 1. The Morgan fingerprint density at radius 1 is 1.08 bits per heavy atom. The highest BCUT2D eigenvalue weighted by atomic mass is 19.4. The van der Waals surface area contributed by atoms with Gasteiger partial charge in [0.15, 0.2) is 5.65 Å². The second kappa shape index (κ2) is 4.70. The van der Waals surface area contributed by atoms with Crippen molar-refractivity contribution in [2.75, 3.05) is 0 Å². The SMILES string of the molecule is Cc1nc2[nH]c(O)nc2cc1-c1cc(C(F)(F)F)cc2[nH]ncc12. The van der Waals surface area contributed by atoms with E-state index in [1.165, 1.54) is 6.20 Å². The normalized spacial score (nSPS) is 12.3. The lowest BCUT2D eigenvalue weighted by Crippen LogP contribution is -2.05. The molecule has 0 fully saturated rings. The van der Waals surface area contributed by atoms with Crippen molar-refractivity contribution in [3.05, 3.63) is 35.7 Å². The van der Waals surface area contributed by atoms with Crippen molar-refractivity contribution in [3.63, 3.8) is 0 Å². The van der Waals surface area contributed by atoms with Crippen LogP contribution in [0.1, 0.15) is 11.3 Å². The number of halogens is 3. The summed E-state index contributed by atoms with van der Waals surface area (Å²) in [6, 6.07) is 3.38. The lowest BCUT2D eigenvalue weighted by Gasteiger charge is -2.12. The van der Waals surface area contributed by atoms with Crippen LogP contribution < -0.4 is 0 Å². The molecule has 3 aromatic heterocycles. The van der Waals surface area contributed by atoms with Crippen LogP contribution in [0.4, 0.5) is 13.2 Å². The van der Waals surface area contributed by atoms with Crippen molar-refractivity contribution in [3.8, 4) is 17.1 Å². The first-order chi connectivity index (χ1) is 11.3. The minimum atomic E-state index is -4.48. The number of benzene rings is 1. The van der Waals surface area contributed by atoms with Crippen molar-refractivity contribution in [2.24, 2.45) is 0 Å². The first-order valence-electron chi connectivity index (χ1n) is 6.94. The molecule has 0 aliphatic heterocycles. The van der Waals surface area contributed by atoms with E-state index in [1.807, 2.05) is 0 Å². The number of alkyl halides is 3. The van der Waals surface area contributed by atoms with Crippen molar-refractivity contribution < 1.29 is 18.3 Å². The molecule has 0 saturated heterocycles. The van der Waals surface area contributed by atoms with Gasteiger partial charge in [0.25, 0.3) is 6.01 Å². The summed E-state index contributed by atoms with van der Waals surface area (Å²) in [6.07, 6.45) is -3.01. The number of pyridine rings is 1. The summed E-state index contributed by atoms with van der Waals surface area (Å²) >= 11 is 0. The van der Waals surface area contributed by atoms with Crippen LogP contribution in [-0.2, 0) is 6.18 Å². The van der Waals surface area contributed by atoms with Crippen molar-refractivity contribution in [1.82, 2.24) is 25.1 Å². The molecular formula is C15H10F3N5O. The van der Waals surface area contributed by atoms with Gasteiger partial charge in [-0.15, -0.1) is 0 Å². The second-order valence-corrected chi connectivity index (χ2v) is 5.40. The van der Waals surface area contributed by atoms with Crippen molar-refractivity contribution >= 4 is 22.1 Å². The first kappa shape index (κ1) is 14.5. The molecule has 0 spiro atoms. The molecule has 0 saturated carbocycles. The number of imidazole rings is 1. The molecule has 0 amide bonds. The fourth-order valence-electron chi connectivity index (χ4n) is 2.73. The van der Waals surface area contributed by atoms with Crippen molar-refractivity contribution in [2.45, 2.75) is 13.1 Å². The molecule has 0 radical (unpaired) electrons. The third kappa shape index (κ3) is 2.16. The number of fused-ring (bicyclic) bond motifs is 2. The van der Waals surface area contributed by atoms with Gasteiger partial charge in [-0.3, -0.25) is 10.1 Å². The molecule has 1 aromatic carbocycles. The smallest absolute Gasteiger partial charge is 0.416 e. The van der Waals surface area contributed by atoms with Gasteiger partial charge in [0, 0.05) is 16.6 Å². The Balaban J connectivity index is 2.05.